The molecule has 1 aromatic carbocycles. The van der Waals surface area contributed by atoms with Crippen molar-refractivity contribution < 1.29 is 23.1 Å². The largest absolute Gasteiger partial charge is 0.481 e. The van der Waals surface area contributed by atoms with Crippen LogP contribution in [0.2, 0.25) is 0 Å². The first-order valence-corrected chi connectivity index (χ1v) is 7.99. The predicted molar refractivity (Wildman–Crippen MR) is 74.4 cm³/mol. The zero-order chi connectivity index (χ0) is 15.5. The van der Waals surface area contributed by atoms with Crippen LogP contribution in [0.4, 0.5) is 0 Å². The molecule has 114 valence electrons. The summed E-state index contributed by atoms with van der Waals surface area (Å²) in [5.41, 5.74) is 0.180. The molecule has 0 aromatic heterocycles. The van der Waals surface area contributed by atoms with E-state index in [0.29, 0.717) is 0 Å². The Kier molecular flexibility index (Phi) is 4.59. The summed E-state index contributed by atoms with van der Waals surface area (Å²) < 4.78 is 26.6. The minimum atomic E-state index is -3.61. The molecule has 0 spiro atoms. The van der Waals surface area contributed by atoms with Crippen molar-refractivity contribution in [3.05, 3.63) is 29.8 Å². The van der Waals surface area contributed by atoms with E-state index in [1.54, 1.807) is 0 Å². The molecule has 3 N–H and O–H groups in total. The minimum absolute atomic E-state index is 0.00846. The van der Waals surface area contributed by atoms with E-state index in [0.717, 1.165) is 12.8 Å². The molecule has 21 heavy (non-hydrogen) atoms. The summed E-state index contributed by atoms with van der Waals surface area (Å²) >= 11 is 0. The number of carboxylic acid groups (broad SMARTS) is 1. The van der Waals surface area contributed by atoms with Gasteiger partial charge in [-0.1, -0.05) is 6.07 Å². The second kappa shape index (κ2) is 6.23. The van der Waals surface area contributed by atoms with Crippen LogP contribution in [-0.4, -0.2) is 38.0 Å². The number of nitrogens with one attached hydrogen (secondary N) is 2. The lowest BCUT2D eigenvalue weighted by molar-refractivity contribution is -0.136. The van der Waals surface area contributed by atoms with Crippen LogP contribution < -0.4 is 10.0 Å². The molecule has 0 bridgehead atoms. The average Bonchev–Trinajstić information content (AvgIpc) is 3.21. The Morgan fingerprint density at radius 2 is 2.00 bits per heavy atom. The monoisotopic (exact) mass is 312 g/mol. The van der Waals surface area contributed by atoms with E-state index in [2.05, 4.69) is 10.0 Å². The first-order valence-electron chi connectivity index (χ1n) is 6.51. The van der Waals surface area contributed by atoms with Crippen LogP contribution in [-0.2, 0) is 14.8 Å². The second-order valence-corrected chi connectivity index (χ2v) is 6.54. The number of aliphatic carboxylic acids is 1. The third kappa shape index (κ3) is 4.54. The molecule has 7 nitrogen and oxygen atoms in total. The summed E-state index contributed by atoms with van der Waals surface area (Å²) in [5, 5.41) is 10.9. The lowest BCUT2D eigenvalue weighted by Crippen LogP contribution is -2.28. The number of sulfonamides is 1. The number of amides is 1. The van der Waals surface area contributed by atoms with Gasteiger partial charge in [-0.25, -0.2) is 13.1 Å². The molecular formula is C13H16N2O5S. The highest BCUT2D eigenvalue weighted by molar-refractivity contribution is 7.89. The lowest BCUT2D eigenvalue weighted by atomic mass is 10.2. The molecule has 1 aliphatic rings. The summed E-state index contributed by atoms with van der Waals surface area (Å²) in [6.07, 6.45) is 1.47. The number of carbonyl (C=O) groups excluding carboxylic acids is 1. The highest BCUT2D eigenvalue weighted by Gasteiger charge is 2.28. The third-order valence-electron chi connectivity index (χ3n) is 2.93. The Bertz CT molecular complexity index is 652. The number of carboxylic acids is 1. The number of benzene rings is 1. The molecule has 1 aromatic rings. The SMILES string of the molecule is O=C(O)CCNC(=O)c1cccc(S(=O)(=O)NC2CC2)c1. The van der Waals surface area contributed by atoms with E-state index in [4.69, 9.17) is 5.11 Å². The van der Waals surface area contributed by atoms with Gasteiger partial charge in [0.05, 0.1) is 11.3 Å². The van der Waals surface area contributed by atoms with Crippen LogP contribution in [0.25, 0.3) is 0 Å². The van der Waals surface area contributed by atoms with Gasteiger partial charge in [0.25, 0.3) is 5.91 Å². The van der Waals surface area contributed by atoms with Gasteiger partial charge < -0.3 is 10.4 Å². The molecule has 0 saturated heterocycles. The fourth-order valence-corrected chi connectivity index (χ4v) is 3.03. The molecule has 1 saturated carbocycles. The van der Waals surface area contributed by atoms with Crippen LogP contribution in [0, 0.1) is 0 Å². The second-order valence-electron chi connectivity index (χ2n) is 4.82. The summed E-state index contributed by atoms with van der Waals surface area (Å²) in [4.78, 5) is 22.2. The Labute approximate surface area is 122 Å². The summed E-state index contributed by atoms with van der Waals surface area (Å²) in [5.74, 6) is -1.51. The smallest absolute Gasteiger partial charge is 0.305 e. The molecule has 0 unspecified atom stereocenters. The van der Waals surface area contributed by atoms with Crippen molar-refractivity contribution in [3.63, 3.8) is 0 Å². The minimum Gasteiger partial charge on any atom is -0.481 e. The first kappa shape index (κ1) is 15.5. The fourth-order valence-electron chi connectivity index (χ4n) is 1.68. The summed E-state index contributed by atoms with van der Waals surface area (Å²) in [6, 6.07) is 5.64. The van der Waals surface area contributed by atoms with Gasteiger partial charge in [0.1, 0.15) is 0 Å². The fraction of sp³-hybridized carbons (Fsp3) is 0.385. The van der Waals surface area contributed by atoms with E-state index in [-0.39, 0.29) is 29.5 Å². The average molecular weight is 312 g/mol. The molecule has 0 radical (unpaired) electrons. The van der Waals surface area contributed by atoms with Gasteiger partial charge in [-0.2, -0.15) is 0 Å². The van der Waals surface area contributed by atoms with E-state index in [1.165, 1.54) is 24.3 Å². The standard InChI is InChI=1S/C13H16N2O5S/c16-12(17)6-7-14-13(18)9-2-1-3-11(8-9)21(19,20)15-10-4-5-10/h1-3,8,10,15H,4-7H2,(H,14,18)(H,16,17). The lowest BCUT2D eigenvalue weighted by Gasteiger charge is -2.08. The van der Waals surface area contributed by atoms with Gasteiger partial charge in [-0.3, -0.25) is 9.59 Å². The molecular weight excluding hydrogens is 296 g/mol. The molecule has 1 fully saturated rings. The van der Waals surface area contributed by atoms with Crippen molar-refractivity contribution in [2.45, 2.75) is 30.2 Å². The first-order chi connectivity index (χ1) is 9.88. The molecule has 2 rings (SSSR count). The maximum Gasteiger partial charge on any atom is 0.305 e. The van der Waals surface area contributed by atoms with E-state index < -0.39 is 21.9 Å². The van der Waals surface area contributed by atoms with Crippen LogP contribution in [0.15, 0.2) is 29.2 Å². The molecule has 0 heterocycles. The maximum atomic E-state index is 12.0. The van der Waals surface area contributed by atoms with Crippen molar-refractivity contribution in [2.75, 3.05) is 6.54 Å². The van der Waals surface area contributed by atoms with Crippen molar-refractivity contribution in [1.29, 1.82) is 0 Å². The highest BCUT2D eigenvalue weighted by atomic mass is 32.2. The van der Waals surface area contributed by atoms with Gasteiger partial charge in [0.2, 0.25) is 10.0 Å². The van der Waals surface area contributed by atoms with Crippen LogP contribution >= 0.6 is 0 Å². The Morgan fingerprint density at radius 3 is 2.62 bits per heavy atom. The van der Waals surface area contributed by atoms with Crippen molar-refractivity contribution in [2.24, 2.45) is 0 Å². The molecule has 1 amide bonds. The number of carbonyl (C=O) groups is 2. The van der Waals surface area contributed by atoms with Gasteiger partial charge in [0, 0.05) is 18.2 Å². The van der Waals surface area contributed by atoms with Crippen molar-refractivity contribution in [3.8, 4) is 0 Å². The Hall–Kier alpha value is -1.93. The van der Waals surface area contributed by atoms with Crippen LogP contribution in [0.1, 0.15) is 29.6 Å². The summed E-state index contributed by atoms with van der Waals surface area (Å²) in [6.45, 7) is -0.00846. The number of hydrogen-bond donors (Lipinski definition) is 3. The van der Waals surface area contributed by atoms with Gasteiger partial charge in [-0.15, -0.1) is 0 Å². The highest BCUT2D eigenvalue weighted by Crippen LogP contribution is 2.22. The number of rotatable bonds is 7. The van der Waals surface area contributed by atoms with E-state index in [1.807, 2.05) is 0 Å². The topological polar surface area (TPSA) is 113 Å². The normalized spacial score (nSPS) is 14.7. The molecule has 0 atom stereocenters. The zero-order valence-corrected chi connectivity index (χ0v) is 12.0. The Balaban J connectivity index is 2.06. The zero-order valence-electron chi connectivity index (χ0n) is 11.2. The quantitative estimate of drug-likeness (QED) is 0.671. The molecule has 8 heteroatoms. The van der Waals surface area contributed by atoms with Gasteiger partial charge in [-0.05, 0) is 31.0 Å². The van der Waals surface area contributed by atoms with Crippen molar-refractivity contribution >= 4 is 21.9 Å². The third-order valence-corrected chi connectivity index (χ3v) is 4.45. The summed E-state index contributed by atoms with van der Waals surface area (Å²) in [7, 11) is -3.61. The van der Waals surface area contributed by atoms with Crippen LogP contribution in [0.5, 0.6) is 0 Å². The van der Waals surface area contributed by atoms with Gasteiger partial charge >= 0.3 is 5.97 Å². The Morgan fingerprint density at radius 1 is 1.29 bits per heavy atom. The number of hydrogen-bond acceptors (Lipinski definition) is 4. The molecule has 0 aliphatic heterocycles. The van der Waals surface area contributed by atoms with Crippen molar-refractivity contribution in [1.82, 2.24) is 10.0 Å². The predicted octanol–water partition coefficient (Wildman–Crippen LogP) is 0.332. The van der Waals surface area contributed by atoms with Crippen LogP contribution in [0.3, 0.4) is 0 Å². The van der Waals surface area contributed by atoms with E-state index in [9.17, 15) is 18.0 Å². The maximum absolute atomic E-state index is 12.0. The molecule has 1 aliphatic carbocycles. The van der Waals surface area contributed by atoms with E-state index >= 15 is 0 Å². The van der Waals surface area contributed by atoms with Gasteiger partial charge in [0.15, 0.2) is 0 Å².